The Bertz CT molecular complexity index is 1070. The molecule has 2 aromatic carbocycles. The van der Waals surface area contributed by atoms with Crippen LogP contribution in [0.5, 0.6) is 0 Å². The van der Waals surface area contributed by atoms with Crippen LogP contribution in [0.25, 0.3) is 5.69 Å². The summed E-state index contributed by atoms with van der Waals surface area (Å²) in [6.07, 6.45) is 3.40. The number of carbonyl (C=O) groups excluding carboxylic acids is 1. The maximum Gasteiger partial charge on any atom is 0.269 e. The van der Waals surface area contributed by atoms with Crippen LogP contribution in [0.4, 0.5) is 5.69 Å². The molecule has 0 atom stereocenters. The van der Waals surface area contributed by atoms with Gasteiger partial charge in [0.2, 0.25) is 0 Å². The van der Waals surface area contributed by atoms with Gasteiger partial charge in [-0.25, -0.2) is 4.68 Å². The number of carbonyl (C=O) groups is 1. The van der Waals surface area contributed by atoms with Gasteiger partial charge in [-0.05, 0) is 50.6 Å². The van der Waals surface area contributed by atoms with Crippen LogP contribution >= 0.6 is 0 Å². The number of piperidine rings is 1. The summed E-state index contributed by atoms with van der Waals surface area (Å²) < 4.78 is 1.75. The molecular weight excluding hydrogens is 394 g/mol. The van der Waals surface area contributed by atoms with E-state index in [-0.39, 0.29) is 17.5 Å². The Morgan fingerprint density at radius 3 is 2.48 bits per heavy atom. The first-order valence-corrected chi connectivity index (χ1v) is 10.4. The lowest BCUT2D eigenvalue weighted by atomic mass is 9.91. The van der Waals surface area contributed by atoms with Gasteiger partial charge in [0.1, 0.15) is 0 Å². The topological polar surface area (TPSA) is 102 Å². The molecule has 0 spiro atoms. The molecule has 1 fully saturated rings. The molecule has 1 aliphatic rings. The number of nitrogens with one attached hydrogen (secondary N) is 2. The fraction of sp³-hybridized carbons (Fsp3) is 0.304. The fourth-order valence-electron chi connectivity index (χ4n) is 3.93. The molecule has 0 saturated carbocycles. The van der Waals surface area contributed by atoms with Crippen molar-refractivity contribution >= 4 is 11.6 Å². The summed E-state index contributed by atoms with van der Waals surface area (Å²) >= 11 is 0. The summed E-state index contributed by atoms with van der Waals surface area (Å²) in [7, 11) is 0. The minimum Gasteiger partial charge on any atom is -0.348 e. The van der Waals surface area contributed by atoms with E-state index in [0.29, 0.717) is 17.8 Å². The zero-order chi connectivity index (χ0) is 21.8. The molecule has 2 N–H and O–H groups in total. The van der Waals surface area contributed by atoms with Gasteiger partial charge in [0.25, 0.3) is 11.6 Å². The van der Waals surface area contributed by atoms with Crippen molar-refractivity contribution < 1.29 is 9.72 Å². The van der Waals surface area contributed by atoms with Crippen LogP contribution < -0.4 is 10.6 Å². The first kappa shape index (κ1) is 20.7. The molecule has 1 amide bonds. The highest BCUT2D eigenvalue weighted by molar-refractivity contribution is 5.95. The van der Waals surface area contributed by atoms with Crippen LogP contribution in [0, 0.1) is 17.0 Å². The third kappa shape index (κ3) is 4.64. The molecule has 8 heteroatoms. The Morgan fingerprint density at radius 1 is 1.16 bits per heavy atom. The summed E-state index contributed by atoms with van der Waals surface area (Å²) in [4.78, 5) is 23.6. The lowest BCUT2D eigenvalue weighted by Gasteiger charge is -2.24. The van der Waals surface area contributed by atoms with Crippen LogP contribution in [-0.4, -0.2) is 33.7 Å². The summed E-state index contributed by atoms with van der Waals surface area (Å²) in [5.41, 5.74) is 4.35. The zero-order valence-electron chi connectivity index (χ0n) is 17.4. The fourth-order valence-corrected chi connectivity index (χ4v) is 3.93. The second-order valence-electron chi connectivity index (χ2n) is 7.82. The molecule has 31 heavy (non-hydrogen) atoms. The summed E-state index contributed by atoms with van der Waals surface area (Å²) in [5.74, 6) is 0.0151. The maximum atomic E-state index is 13.1. The van der Waals surface area contributed by atoms with Crippen LogP contribution in [0.15, 0.2) is 54.7 Å². The van der Waals surface area contributed by atoms with E-state index in [9.17, 15) is 14.9 Å². The van der Waals surface area contributed by atoms with Gasteiger partial charge in [0.15, 0.2) is 0 Å². The number of amides is 1. The molecule has 4 rings (SSSR count). The lowest BCUT2D eigenvalue weighted by Crippen LogP contribution is -2.30. The zero-order valence-corrected chi connectivity index (χ0v) is 17.4. The van der Waals surface area contributed by atoms with E-state index < -0.39 is 4.92 Å². The van der Waals surface area contributed by atoms with Crippen LogP contribution in [0.3, 0.4) is 0 Å². The van der Waals surface area contributed by atoms with Crippen molar-refractivity contribution in [2.75, 3.05) is 13.1 Å². The van der Waals surface area contributed by atoms with Gasteiger partial charge in [-0.3, -0.25) is 14.9 Å². The number of aromatic nitrogens is 2. The van der Waals surface area contributed by atoms with Crippen LogP contribution in [0.1, 0.15) is 45.9 Å². The predicted molar refractivity (Wildman–Crippen MR) is 117 cm³/mol. The van der Waals surface area contributed by atoms with Gasteiger partial charge in [-0.1, -0.05) is 29.8 Å². The maximum absolute atomic E-state index is 13.1. The molecular formula is C23H25N5O3. The van der Waals surface area contributed by atoms with Gasteiger partial charge < -0.3 is 10.6 Å². The quantitative estimate of drug-likeness (QED) is 0.470. The minimum absolute atomic E-state index is 0.0235. The Labute approximate surface area is 180 Å². The van der Waals surface area contributed by atoms with E-state index in [0.717, 1.165) is 37.2 Å². The lowest BCUT2D eigenvalue weighted by molar-refractivity contribution is -0.384. The molecule has 8 nitrogen and oxygen atoms in total. The number of hydrogen-bond donors (Lipinski definition) is 2. The number of hydrogen-bond acceptors (Lipinski definition) is 5. The predicted octanol–water partition coefficient (Wildman–Crippen LogP) is 3.49. The van der Waals surface area contributed by atoms with E-state index in [4.69, 9.17) is 0 Å². The second kappa shape index (κ2) is 9.09. The van der Waals surface area contributed by atoms with Gasteiger partial charge in [-0.2, -0.15) is 5.10 Å². The minimum atomic E-state index is -0.426. The normalized spacial score (nSPS) is 14.4. The SMILES string of the molecule is Cc1ccc(CNC(=O)c2cnn(-c3ccc([N+](=O)[O-])cc3)c2C2CCNCC2)cc1. The van der Waals surface area contributed by atoms with Crippen molar-refractivity contribution in [2.45, 2.75) is 32.2 Å². The van der Waals surface area contributed by atoms with Gasteiger partial charge >= 0.3 is 0 Å². The largest absolute Gasteiger partial charge is 0.348 e. The molecule has 1 aliphatic heterocycles. The molecule has 1 saturated heterocycles. The van der Waals surface area contributed by atoms with Crippen molar-refractivity contribution in [3.63, 3.8) is 0 Å². The number of nitro benzene ring substituents is 1. The third-order valence-electron chi connectivity index (χ3n) is 5.66. The summed E-state index contributed by atoms with van der Waals surface area (Å²) in [6.45, 7) is 4.22. The molecule has 0 aliphatic carbocycles. The van der Waals surface area contributed by atoms with Gasteiger partial charge in [-0.15, -0.1) is 0 Å². The van der Waals surface area contributed by atoms with E-state index in [2.05, 4.69) is 15.7 Å². The number of nitrogens with zero attached hydrogens (tertiary/aromatic N) is 3. The second-order valence-corrected chi connectivity index (χ2v) is 7.82. The highest BCUT2D eigenvalue weighted by Crippen LogP contribution is 2.30. The summed E-state index contributed by atoms with van der Waals surface area (Å²) in [5, 5.41) is 21.8. The highest BCUT2D eigenvalue weighted by Gasteiger charge is 2.27. The average molecular weight is 419 g/mol. The van der Waals surface area contributed by atoms with Crippen molar-refractivity contribution in [1.29, 1.82) is 0 Å². The van der Waals surface area contributed by atoms with Gasteiger partial charge in [0.05, 0.1) is 28.1 Å². The Kier molecular flexibility index (Phi) is 6.08. The number of nitro groups is 1. The molecule has 0 bridgehead atoms. The number of non-ortho nitro benzene ring substituents is 1. The van der Waals surface area contributed by atoms with Crippen LogP contribution in [0.2, 0.25) is 0 Å². The Morgan fingerprint density at radius 2 is 1.84 bits per heavy atom. The average Bonchev–Trinajstić information content (AvgIpc) is 3.24. The highest BCUT2D eigenvalue weighted by atomic mass is 16.6. The van der Waals surface area contributed by atoms with Crippen molar-refractivity contribution in [2.24, 2.45) is 0 Å². The molecule has 0 unspecified atom stereocenters. The summed E-state index contributed by atoms with van der Waals surface area (Å²) in [6, 6.07) is 14.3. The van der Waals surface area contributed by atoms with Crippen molar-refractivity contribution in [3.8, 4) is 5.69 Å². The van der Waals surface area contributed by atoms with Crippen molar-refractivity contribution in [1.82, 2.24) is 20.4 Å². The molecule has 2 heterocycles. The third-order valence-corrected chi connectivity index (χ3v) is 5.66. The molecule has 160 valence electrons. The first-order chi connectivity index (χ1) is 15.0. The van der Waals surface area contributed by atoms with E-state index in [1.54, 1.807) is 23.0 Å². The number of aryl methyl sites for hydroxylation is 1. The Balaban J connectivity index is 1.62. The van der Waals surface area contributed by atoms with E-state index >= 15 is 0 Å². The van der Waals surface area contributed by atoms with Crippen molar-refractivity contribution in [3.05, 3.63) is 87.2 Å². The number of rotatable bonds is 6. The molecule has 0 radical (unpaired) electrons. The van der Waals surface area contributed by atoms with Gasteiger partial charge in [0, 0.05) is 24.6 Å². The Hall–Kier alpha value is -3.52. The smallest absolute Gasteiger partial charge is 0.269 e. The first-order valence-electron chi connectivity index (χ1n) is 10.4. The monoisotopic (exact) mass is 419 g/mol. The number of benzene rings is 2. The standard InChI is InChI=1S/C23H25N5O3/c1-16-2-4-17(5-3-16)14-25-23(29)21-15-26-27(22(21)18-10-12-24-13-11-18)19-6-8-20(9-7-19)28(30)31/h2-9,15,18,24H,10-14H2,1H3,(H,25,29). The molecule has 3 aromatic rings. The van der Waals surface area contributed by atoms with Crippen LogP contribution in [-0.2, 0) is 6.54 Å². The molecule has 1 aromatic heterocycles. The van der Waals surface area contributed by atoms with E-state index in [1.165, 1.54) is 17.7 Å². The van der Waals surface area contributed by atoms with E-state index in [1.807, 2.05) is 31.2 Å².